The van der Waals surface area contributed by atoms with Crippen LogP contribution in [0, 0.1) is 13.8 Å². The summed E-state index contributed by atoms with van der Waals surface area (Å²) in [5, 5.41) is 3.65. The molecular formula is C17H29N3. The van der Waals surface area contributed by atoms with Crippen molar-refractivity contribution in [2.75, 3.05) is 19.6 Å². The maximum Gasteiger partial charge on any atom is 0.0375 e. The third-order valence-corrected chi connectivity index (χ3v) is 4.23. The monoisotopic (exact) mass is 275 g/mol. The quantitative estimate of drug-likeness (QED) is 0.895. The summed E-state index contributed by atoms with van der Waals surface area (Å²) in [5.74, 6) is 0. The normalized spacial score (nSPS) is 18.8. The molecule has 1 aromatic heterocycles. The summed E-state index contributed by atoms with van der Waals surface area (Å²) in [6, 6.07) is 2.70. The third kappa shape index (κ3) is 4.88. The minimum Gasteiger partial charge on any atom is -0.309 e. The molecule has 1 N–H and O–H groups in total. The van der Waals surface area contributed by atoms with Crippen molar-refractivity contribution in [1.82, 2.24) is 15.2 Å². The first kappa shape index (κ1) is 15.5. The van der Waals surface area contributed by atoms with Crippen LogP contribution in [0.2, 0.25) is 0 Å². The zero-order valence-electron chi connectivity index (χ0n) is 13.3. The number of rotatable bonds is 5. The highest BCUT2D eigenvalue weighted by Gasteiger charge is 2.12. The van der Waals surface area contributed by atoms with E-state index in [2.05, 4.69) is 35.1 Å². The number of nitrogens with one attached hydrogen (secondary N) is 1. The molecule has 0 saturated carbocycles. The molecule has 3 heteroatoms. The number of likely N-dealkylation sites (tertiary alicyclic amines) is 1. The molecular weight excluding hydrogens is 246 g/mol. The van der Waals surface area contributed by atoms with E-state index in [1.54, 1.807) is 0 Å². The molecule has 1 fully saturated rings. The summed E-state index contributed by atoms with van der Waals surface area (Å²) in [6.45, 7) is 11.2. The van der Waals surface area contributed by atoms with Crippen LogP contribution in [0.15, 0.2) is 12.3 Å². The van der Waals surface area contributed by atoms with Crippen LogP contribution in [-0.4, -0.2) is 35.6 Å². The molecule has 0 amide bonds. The van der Waals surface area contributed by atoms with Gasteiger partial charge >= 0.3 is 0 Å². The van der Waals surface area contributed by atoms with Crippen molar-refractivity contribution in [3.05, 3.63) is 29.1 Å². The fourth-order valence-corrected chi connectivity index (χ4v) is 2.96. The van der Waals surface area contributed by atoms with Crippen molar-refractivity contribution >= 4 is 0 Å². The maximum absolute atomic E-state index is 4.40. The Hall–Kier alpha value is -0.930. The second-order valence-corrected chi connectivity index (χ2v) is 6.25. The number of hydrogen-bond donors (Lipinski definition) is 1. The van der Waals surface area contributed by atoms with E-state index in [1.165, 1.54) is 56.4 Å². The molecule has 0 unspecified atom stereocenters. The van der Waals surface area contributed by atoms with Crippen molar-refractivity contribution < 1.29 is 0 Å². The predicted octanol–water partition coefficient (Wildman–Crippen LogP) is 3.05. The molecule has 0 aliphatic carbocycles. The lowest BCUT2D eigenvalue weighted by atomic mass is 10.1. The standard InChI is InChI=1S/C17H29N3/c1-14-10-15(2)18-11-17(14)12-19-16(3)13-20-8-6-4-5-7-9-20/h10-11,16,19H,4-9,12-13H2,1-3H3/t16-/m1/s1. The summed E-state index contributed by atoms with van der Waals surface area (Å²) >= 11 is 0. The molecule has 1 aromatic rings. The summed E-state index contributed by atoms with van der Waals surface area (Å²) in [6.07, 6.45) is 7.57. The molecule has 0 aromatic carbocycles. The number of nitrogens with zero attached hydrogens (tertiary/aromatic N) is 2. The average molecular weight is 275 g/mol. The van der Waals surface area contributed by atoms with Gasteiger partial charge in [-0.3, -0.25) is 4.98 Å². The van der Waals surface area contributed by atoms with Gasteiger partial charge in [0, 0.05) is 31.0 Å². The minimum atomic E-state index is 0.536. The number of pyridine rings is 1. The number of aryl methyl sites for hydroxylation is 2. The van der Waals surface area contributed by atoms with Crippen LogP contribution in [0.1, 0.15) is 49.4 Å². The Kier molecular flexibility index (Phi) is 5.99. The smallest absolute Gasteiger partial charge is 0.0375 e. The Labute approximate surface area is 123 Å². The van der Waals surface area contributed by atoms with Gasteiger partial charge in [0.25, 0.3) is 0 Å². The van der Waals surface area contributed by atoms with Crippen LogP contribution >= 0.6 is 0 Å². The van der Waals surface area contributed by atoms with Crippen LogP contribution < -0.4 is 5.32 Å². The number of hydrogen-bond acceptors (Lipinski definition) is 3. The van der Waals surface area contributed by atoms with E-state index in [4.69, 9.17) is 0 Å². The van der Waals surface area contributed by atoms with Gasteiger partial charge in [-0.25, -0.2) is 0 Å². The summed E-state index contributed by atoms with van der Waals surface area (Å²) in [7, 11) is 0. The molecule has 2 heterocycles. The van der Waals surface area contributed by atoms with E-state index in [0.29, 0.717) is 6.04 Å². The van der Waals surface area contributed by atoms with Crippen molar-refractivity contribution in [1.29, 1.82) is 0 Å². The Bertz CT molecular complexity index is 409. The summed E-state index contributed by atoms with van der Waals surface area (Å²) in [5.41, 5.74) is 3.76. The Morgan fingerprint density at radius 1 is 1.20 bits per heavy atom. The molecule has 0 radical (unpaired) electrons. The zero-order valence-corrected chi connectivity index (χ0v) is 13.3. The van der Waals surface area contributed by atoms with Crippen LogP contribution in [0.25, 0.3) is 0 Å². The fraction of sp³-hybridized carbons (Fsp3) is 0.706. The summed E-state index contributed by atoms with van der Waals surface area (Å²) in [4.78, 5) is 7.01. The molecule has 1 aliphatic heterocycles. The van der Waals surface area contributed by atoms with Gasteiger partial charge in [-0.15, -0.1) is 0 Å². The lowest BCUT2D eigenvalue weighted by Gasteiger charge is -2.24. The van der Waals surface area contributed by atoms with Gasteiger partial charge in [-0.2, -0.15) is 0 Å². The fourth-order valence-electron chi connectivity index (χ4n) is 2.96. The Balaban J connectivity index is 1.77. The first-order chi connectivity index (χ1) is 9.65. The van der Waals surface area contributed by atoms with E-state index in [-0.39, 0.29) is 0 Å². The lowest BCUT2D eigenvalue weighted by Crippen LogP contribution is -2.39. The molecule has 1 atom stereocenters. The van der Waals surface area contributed by atoms with E-state index >= 15 is 0 Å². The second kappa shape index (κ2) is 7.75. The van der Waals surface area contributed by atoms with E-state index in [9.17, 15) is 0 Å². The molecule has 20 heavy (non-hydrogen) atoms. The van der Waals surface area contributed by atoms with Crippen molar-refractivity contribution in [3.8, 4) is 0 Å². The van der Waals surface area contributed by atoms with Crippen molar-refractivity contribution in [3.63, 3.8) is 0 Å². The van der Waals surface area contributed by atoms with Crippen LogP contribution in [0.3, 0.4) is 0 Å². The van der Waals surface area contributed by atoms with Gasteiger partial charge in [0.2, 0.25) is 0 Å². The van der Waals surface area contributed by atoms with Gasteiger partial charge in [-0.1, -0.05) is 12.8 Å². The SMILES string of the molecule is Cc1cc(C)c(CN[C@H](C)CN2CCCCCC2)cn1. The van der Waals surface area contributed by atoms with E-state index < -0.39 is 0 Å². The molecule has 1 aliphatic rings. The topological polar surface area (TPSA) is 28.2 Å². The highest BCUT2D eigenvalue weighted by molar-refractivity contribution is 5.24. The van der Waals surface area contributed by atoms with Gasteiger partial charge in [0.15, 0.2) is 0 Å². The first-order valence-electron chi connectivity index (χ1n) is 8.03. The minimum absolute atomic E-state index is 0.536. The second-order valence-electron chi connectivity index (χ2n) is 6.25. The van der Waals surface area contributed by atoms with Crippen molar-refractivity contribution in [2.24, 2.45) is 0 Å². The van der Waals surface area contributed by atoms with E-state index in [0.717, 1.165) is 12.2 Å². The molecule has 2 rings (SSSR count). The molecule has 1 saturated heterocycles. The van der Waals surface area contributed by atoms with Gasteiger partial charge < -0.3 is 10.2 Å². The zero-order chi connectivity index (χ0) is 14.4. The Morgan fingerprint density at radius 2 is 1.90 bits per heavy atom. The first-order valence-corrected chi connectivity index (χ1v) is 8.03. The molecule has 0 bridgehead atoms. The molecule has 3 nitrogen and oxygen atoms in total. The largest absolute Gasteiger partial charge is 0.309 e. The van der Waals surface area contributed by atoms with E-state index in [1.807, 2.05) is 13.1 Å². The van der Waals surface area contributed by atoms with Gasteiger partial charge in [-0.05, 0) is 63.9 Å². The average Bonchev–Trinajstić information content (AvgIpc) is 2.66. The third-order valence-electron chi connectivity index (χ3n) is 4.23. The lowest BCUT2D eigenvalue weighted by molar-refractivity contribution is 0.255. The van der Waals surface area contributed by atoms with Crippen LogP contribution in [-0.2, 0) is 6.54 Å². The van der Waals surface area contributed by atoms with Gasteiger partial charge in [0.05, 0.1) is 0 Å². The highest BCUT2D eigenvalue weighted by Crippen LogP contribution is 2.11. The van der Waals surface area contributed by atoms with Crippen LogP contribution in [0.5, 0.6) is 0 Å². The maximum atomic E-state index is 4.40. The predicted molar refractivity (Wildman–Crippen MR) is 84.9 cm³/mol. The Morgan fingerprint density at radius 3 is 2.55 bits per heavy atom. The summed E-state index contributed by atoms with van der Waals surface area (Å²) < 4.78 is 0. The van der Waals surface area contributed by atoms with Gasteiger partial charge in [0.1, 0.15) is 0 Å². The van der Waals surface area contributed by atoms with Crippen LogP contribution in [0.4, 0.5) is 0 Å². The number of aromatic nitrogens is 1. The molecule has 0 spiro atoms. The van der Waals surface area contributed by atoms with Crippen molar-refractivity contribution in [2.45, 2.75) is 59.0 Å². The molecule has 112 valence electrons. The highest BCUT2D eigenvalue weighted by atomic mass is 15.1.